The number of alkyl halides is 4. The Morgan fingerprint density at radius 3 is 1.29 bits per heavy atom. The monoisotopic (exact) mass is 2110 g/mol. The van der Waals surface area contributed by atoms with E-state index in [1.807, 2.05) is 48.4 Å². The van der Waals surface area contributed by atoms with Gasteiger partial charge in [-0.25, -0.2) is 0 Å². The van der Waals surface area contributed by atoms with Gasteiger partial charge in [0.05, 0.1) is 148 Å². The Morgan fingerprint density at radius 1 is 0.500 bits per heavy atom. The molecular formula is C90H122Cl5IK2N8O26. The van der Waals surface area contributed by atoms with E-state index in [4.69, 9.17) is 133 Å². The molecule has 6 N–H and O–H groups in total. The van der Waals surface area contributed by atoms with Gasteiger partial charge in [-0.3, -0.25) is 38.4 Å². The number of nitrogens with zero attached hydrogens (tertiary/aromatic N) is 4. The Hall–Kier alpha value is -8.47. The molecule has 8 aromatic carbocycles. The molecule has 5 aliphatic rings. The number of carbonyl (C=O) groups is 8. The molecule has 0 aromatic heterocycles. The zero-order valence-electron chi connectivity index (χ0n) is 76.9. The number of halogens is 6. The Morgan fingerprint density at radius 2 is 0.864 bits per heavy atom. The minimum Gasteiger partial charge on any atom is -1.00 e. The molecule has 0 saturated carbocycles. The first kappa shape index (κ1) is 130. The standard InChI is InChI=1S/C13H19NO2.C12H15NO3.C10H12ClNO3.C10H11NO3.C10H13NO2.C9H10ClNO3.C9H9NO3.C8H11NO2.C2H2Cl2O.C2H3ClO.CH3I.CH2O3.3CH4.2K.H/c1-9(2)10-7-11-13(8-12(10)15-4)16-6-5-14(11)3;1-8(14)9-6-10-12(7-11(9)15-3)16-5-4-13(10)2;1-14-7-3-4-8(9(5-7)15-2)12-10(13)6-11;1-11-8-4-3-7(13-2)5-9(8)14-6-10(11)12;1-11-5-6-13-10-7-8(12-2)3-4-9(10)11;1-14-6-2-3-7(8(12)4-6)11-9(13)5-10;1-12-6-2-3-7-8(4-6)13-5-9(11)10-7;1-10-6-3-4-7(9)8(5-6)11-2;3-1-2(4)5;1-2(3)4;1-2;2-1-4-3;;;;;;/h7-9H,5-6H2,1-4H3;6-7H,4-5H2,1-3H3;3-5H,6H2,1-2H3,(H,12,13);3-5H,6H2,1-2H3;3-4,7H,5-6H2,1-2H3;2-4,12H,5H2,1H3,(H,11,13);2-4H,5H2,1H3,(H,10,11);3-5H,9H2,1-2H3;1H2;1H3;1H3;1,3H;3*1H4;;;/q;;;;;;;;;;;;;;;2*+1;-1/p-1. The van der Waals surface area contributed by atoms with Crippen LogP contribution in [-0.4, -0.2) is 226 Å². The van der Waals surface area contributed by atoms with Gasteiger partial charge in [-0.15, -0.1) is 34.8 Å². The summed E-state index contributed by atoms with van der Waals surface area (Å²) in [4.78, 5) is 95.6. The molecule has 42 heteroatoms. The number of Topliss-reactive ketones (excluding diaryl/α,β-unsaturated/α-hetero) is 1. The van der Waals surface area contributed by atoms with E-state index in [0.29, 0.717) is 81.1 Å². The van der Waals surface area contributed by atoms with Gasteiger partial charge in [-0.05, 0) is 131 Å². The average molecular weight is 2110 g/mol. The van der Waals surface area contributed by atoms with Crippen molar-refractivity contribution in [1.29, 1.82) is 0 Å². The molecule has 0 aliphatic carbocycles. The second-order valence-electron chi connectivity index (χ2n) is 25.8. The number of hydrogen-bond donors (Lipinski definition) is 5. The fourth-order valence-electron chi connectivity index (χ4n) is 10.7. The smallest absolute Gasteiger partial charge is 1.00 e. The number of likely N-dealkylation sites (N-methyl/N-ethyl adjacent to an activating group) is 4. The Labute approximate surface area is 899 Å². The number of nitrogens with one attached hydrogen (secondary N) is 3. The first-order valence-corrected chi connectivity index (χ1v) is 42.3. The maximum atomic E-state index is 11.5. The van der Waals surface area contributed by atoms with Crippen LogP contribution in [0.1, 0.15) is 73.2 Å². The van der Waals surface area contributed by atoms with Gasteiger partial charge in [0.25, 0.3) is 18.3 Å². The molecule has 8 aromatic rings. The third-order valence-corrected chi connectivity index (χ3v) is 18.1. The largest absolute Gasteiger partial charge is 1.00 e. The van der Waals surface area contributed by atoms with Crippen LogP contribution in [0, 0.1) is 0 Å². The Balaban J connectivity index is -0.000000457. The van der Waals surface area contributed by atoms with Crippen molar-refractivity contribution < 1.29 is 229 Å². The Kier molecular flexibility index (Phi) is 70.8. The molecule has 5 aliphatic heterocycles. The molecule has 0 atom stereocenters. The van der Waals surface area contributed by atoms with E-state index in [-0.39, 0.29) is 204 Å². The van der Waals surface area contributed by atoms with Crippen molar-refractivity contribution >= 4 is 172 Å². The number of anilines is 8. The summed E-state index contributed by atoms with van der Waals surface area (Å²) in [5, 5.41) is 24.7. The van der Waals surface area contributed by atoms with Crippen LogP contribution < -0.4 is 220 Å². The van der Waals surface area contributed by atoms with Crippen molar-refractivity contribution in [2.24, 2.45) is 0 Å². The predicted octanol–water partition coefficient (Wildman–Crippen LogP) is 10.00. The van der Waals surface area contributed by atoms with Crippen LogP contribution in [0.5, 0.6) is 92.0 Å². The normalized spacial score (nSPS) is 11.4. The van der Waals surface area contributed by atoms with E-state index in [2.05, 4.69) is 104 Å². The number of carbonyl (C=O) groups excluding carboxylic acids is 8. The van der Waals surface area contributed by atoms with Gasteiger partial charge in [-0.2, -0.15) is 0 Å². The van der Waals surface area contributed by atoms with Gasteiger partial charge < -0.3 is 129 Å². The number of nitrogen functional groups attached to an aromatic ring is 1. The third-order valence-electron chi connectivity index (χ3n) is 17.1. The number of nitrogens with two attached hydrogens (primary N) is 1. The van der Waals surface area contributed by atoms with Crippen LogP contribution in [0.4, 0.5) is 45.5 Å². The van der Waals surface area contributed by atoms with E-state index in [1.165, 1.54) is 39.7 Å². The van der Waals surface area contributed by atoms with Crippen molar-refractivity contribution in [3.63, 3.8) is 0 Å². The summed E-state index contributed by atoms with van der Waals surface area (Å²) >= 11 is 27.0. The van der Waals surface area contributed by atoms with E-state index in [9.17, 15) is 38.7 Å². The van der Waals surface area contributed by atoms with Gasteiger partial charge in [0.15, 0.2) is 19.0 Å². The number of rotatable bonds is 18. The zero-order chi connectivity index (χ0) is 95.4. The summed E-state index contributed by atoms with van der Waals surface area (Å²) in [6.45, 7) is 12.0. The summed E-state index contributed by atoms with van der Waals surface area (Å²) in [5.41, 5.74) is 13.6. The summed E-state index contributed by atoms with van der Waals surface area (Å²) in [5.74, 6) is 10.1. The summed E-state index contributed by atoms with van der Waals surface area (Å²) < 4.78 is 77.9. The van der Waals surface area contributed by atoms with Crippen LogP contribution >= 0.6 is 80.6 Å². The number of amides is 4. The van der Waals surface area contributed by atoms with E-state index in [0.717, 1.165) is 102 Å². The molecule has 722 valence electrons. The maximum Gasteiger partial charge on any atom is 1.00 e. The van der Waals surface area contributed by atoms with E-state index < -0.39 is 5.24 Å². The fraction of sp³-hybridized carbons (Fsp3) is 0.378. The van der Waals surface area contributed by atoms with Crippen LogP contribution in [0.3, 0.4) is 0 Å². The topological polar surface area (TPSA) is 403 Å². The number of hydrogen-bond acceptors (Lipinski definition) is 30. The number of methoxy groups -OCH3 is 10. The number of phenolic OH excluding ortho intramolecular Hbond substituents is 1. The molecule has 0 bridgehead atoms. The number of phenols is 1. The second kappa shape index (κ2) is 72.0. The third kappa shape index (κ3) is 45.7. The van der Waals surface area contributed by atoms with Crippen molar-refractivity contribution in [3.05, 3.63) is 145 Å². The number of fused-ring (bicyclic) bond motifs is 5. The average Bonchev–Trinajstić information content (AvgIpc) is 0.871. The maximum absolute atomic E-state index is 11.5. The van der Waals surface area contributed by atoms with Gasteiger partial charge in [0.2, 0.25) is 22.3 Å². The molecule has 0 radical (unpaired) electrons. The summed E-state index contributed by atoms with van der Waals surface area (Å²) in [6, 6.07) is 39.3. The van der Waals surface area contributed by atoms with Gasteiger partial charge in [-0.1, -0.05) is 58.7 Å². The van der Waals surface area contributed by atoms with E-state index >= 15 is 0 Å². The number of aromatic hydroxyl groups is 1. The number of benzene rings is 8. The molecule has 5 heterocycles. The summed E-state index contributed by atoms with van der Waals surface area (Å²) in [6.07, 6.45) is 0. The summed E-state index contributed by atoms with van der Waals surface area (Å²) in [7, 11) is 23.7. The number of ether oxygens (including phenoxy) is 15. The fourth-order valence-corrected chi connectivity index (χ4v) is 10.8. The zero-order valence-corrected chi connectivity index (χ0v) is 88.1. The van der Waals surface area contributed by atoms with Gasteiger partial charge >= 0.3 is 103 Å². The molecule has 0 saturated heterocycles. The predicted molar refractivity (Wildman–Crippen MR) is 522 cm³/mol. The van der Waals surface area contributed by atoms with Crippen molar-refractivity contribution in [3.8, 4) is 92.0 Å². The van der Waals surface area contributed by atoms with Gasteiger partial charge in [0, 0.05) is 83.6 Å². The van der Waals surface area contributed by atoms with Crippen molar-refractivity contribution in [2.75, 3.05) is 216 Å². The van der Waals surface area contributed by atoms with Crippen molar-refractivity contribution in [2.45, 2.75) is 55.9 Å². The molecule has 0 spiro atoms. The SMILES string of the molecule is C.C.C.CC(=O)Cl.CI.COc1cc2c(cc1C(C)=O)N(C)CCO2.COc1cc2c(cc1C(C)C)N(C)CCO2.COc1ccc(N)c(OC)c1.COc1ccc(NC(=O)CCl)c(O)c1.COc1ccc(NC(=O)CCl)c(OC)c1.COc1ccc2c(c1)OCC(=O)N2.COc1ccc2c(c1)OCC(=O)N2C.COc1ccc2c(c1)OCCN2C.O=C(Cl)CCl.O=CO[O-].[H-].[K+].[K+]. The van der Waals surface area contributed by atoms with Crippen LogP contribution in [0.25, 0.3) is 0 Å². The first-order valence-electron chi connectivity index (χ1n) is 37.8. The van der Waals surface area contributed by atoms with Crippen LogP contribution in [0.2, 0.25) is 0 Å². The first-order chi connectivity index (χ1) is 60.6. The molecule has 0 fully saturated rings. The van der Waals surface area contributed by atoms with E-state index in [1.54, 1.807) is 154 Å². The minimum atomic E-state index is -0.508. The second-order valence-corrected chi connectivity index (χ2v) is 27.5. The Bertz CT molecular complexity index is 4820. The van der Waals surface area contributed by atoms with Crippen LogP contribution in [-0.2, 0) is 38.4 Å². The minimum absolute atomic E-state index is 0. The molecule has 13 rings (SSSR count). The van der Waals surface area contributed by atoms with Crippen molar-refractivity contribution in [1.82, 2.24) is 0 Å². The molecule has 4 amide bonds. The molecule has 34 nitrogen and oxygen atoms in total. The molecule has 132 heavy (non-hydrogen) atoms. The van der Waals surface area contributed by atoms with Gasteiger partial charge in [0.1, 0.15) is 124 Å². The number of ketones is 1. The quantitative estimate of drug-likeness (QED) is 0.00509. The molecule has 0 unspecified atom stereocenters. The molecular weight excluding hydrogens is 1990 g/mol. The van der Waals surface area contributed by atoms with Crippen LogP contribution in [0.15, 0.2) is 133 Å².